The second-order valence-corrected chi connectivity index (χ2v) is 7.33. The molecule has 1 heterocycles. The second kappa shape index (κ2) is 9.48. The Labute approximate surface area is 155 Å². The van der Waals surface area contributed by atoms with Crippen molar-refractivity contribution < 1.29 is 9.90 Å². The average molecular weight is 352 g/mol. The molecule has 4 nitrogen and oxygen atoms in total. The summed E-state index contributed by atoms with van der Waals surface area (Å²) in [5, 5.41) is 12.9. The van der Waals surface area contributed by atoms with Crippen LogP contribution in [0, 0.1) is 0 Å². The van der Waals surface area contributed by atoms with Crippen LogP contribution in [0.5, 0.6) is 0 Å². The van der Waals surface area contributed by atoms with Gasteiger partial charge in [-0.05, 0) is 55.2 Å². The van der Waals surface area contributed by atoms with E-state index in [1.54, 1.807) is 0 Å². The van der Waals surface area contributed by atoms with Gasteiger partial charge in [-0.25, -0.2) is 0 Å². The van der Waals surface area contributed by atoms with E-state index in [1.165, 1.54) is 24.0 Å². The topological polar surface area (TPSA) is 62.2 Å². The van der Waals surface area contributed by atoms with Crippen LogP contribution >= 0.6 is 0 Å². The Morgan fingerprint density at radius 3 is 2.77 bits per heavy atom. The number of pyridine rings is 1. The molecule has 1 fully saturated rings. The number of aliphatic carboxylic acids is 1. The van der Waals surface area contributed by atoms with Crippen LogP contribution in [0.2, 0.25) is 0 Å². The van der Waals surface area contributed by atoms with Crippen molar-refractivity contribution in [1.29, 1.82) is 0 Å². The lowest BCUT2D eigenvalue weighted by Crippen LogP contribution is -2.42. The van der Waals surface area contributed by atoms with E-state index in [9.17, 15) is 4.79 Å². The quantitative estimate of drug-likeness (QED) is 0.748. The third-order valence-corrected chi connectivity index (χ3v) is 5.33. The Bertz CT molecular complexity index is 675. The normalized spacial score (nSPS) is 21.2. The maximum atomic E-state index is 11.1. The fraction of sp³-hybridized carbons (Fsp3) is 0.455. The van der Waals surface area contributed by atoms with Gasteiger partial charge in [0, 0.05) is 30.9 Å². The summed E-state index contributed by atoms with van der Waals surface area (Å²) in [6, 6.07) is 15.2. The number of aromatic nitrogens is 1. The van der Waals surface area contributed by atoms with Crippen LogP contribution in [-0.4, -0.2) is 28.1 Å². The number of carboxylic acids is 1. The summed E-state index contributed by atoms with van der Waals surface area (Å²) in [4.78, 5) is 15.3. The SMILES string of the molecule is O=C(O)CCC(Cc1ccccc1)NC1CCCC(c2cccnc2)C1. The molecule has 3 rings (SSSR count). The lowest BCUT2D eigenvalue weighted by Gasteiger charge is -2.33. The summed E-state index contributed by atoms with van der Waals surface area (Å²) in [7, 11) is 0. The highest BCUT2D eigenvalue weighted by molar-refractivity contribution is 5.66. The van der Waals surface area contributed by atoms with Gasteiger partial charge in [0.25, 0.3) is 0 Å². The third kappa shape index (κ3) is 5.67. The number of hydrogen-bond donors (Lipinski definition) is 2. The predicted octanol–water partition coefficient (Wildman–Crippen LogP) is 4.17. The smallest absolute Gasteiger partial charge is 0.303 e. The summed E-state index contributed by atoms with van der Waals surface area (Å²) < 4.78 is 0. The zero-order chi connectivity index (χ0) is 18.2. The molecule has 1 saturated carbocycles. The van der Waals surface area contributed by atoms with E-state index in [-0.39, 0.29) is 12.5 Å². The molecule has 138 valence electrons. The molecule has 1 aromatic heterocycles. The first-order chi connectivity index (χ1) is 12.7. The Hall–Kier alpha value is -2.20. The van der Waals surface area contributed by atoms with Crippen molar-refractivity contribution in [3.05, 3.63) is 66.0 Å². The van der Waals surface area contributed by atoms with Gasteiger partial charge >= 0.3 is 5.97 Å². The molecular formula is C22H28N2O2. The maximum Gasteiger partial charge on any atom is 0.303 e. The van der Waals surface area contributed by atoms with E-state index in [1.807, 2.05) is 36.7 Å². The molecule has 1 aliphatic rings. The lowest BCUT2D eigenvalue weighted by atomic mass is 9.81. The van der Waals surface area contributed by atoms with Gasteiger partial charge in [0.1, 0.15) is 0 Å². The number of hydrogen-bond acceptors (Lipinski definition) is 3. The summed E-state index contributed by atoms with van der Waals surface area (Å²) in [5.41, 5.74) is 2.58. The van der Waals surface area contributed by atoms with Gasteiger partial charge in [0.15, 0.2) is 0 Å². The van der Waals surface area contributed by atoms with Crippen molar-refractivity contribution >= 4 is 5.97 Å². The minimum Gasteiger partial charge on any atom is -0.481 e. The molecular weight excluding hydrogens is 324 g/mol. The van der Waals surface area contributed by atoms with Crippen LogP contribution in [0.3, 0.4) is 0 Å². The molecule has 0 aliphatic heterocycles. The minimum atomic E-state index is -0.721. The lowest BCUT2D eigenvalue weighted by molar-refractivity contribution is -0.137. The van der Waals surface area contributed by atoms with E-state index >= 15 is 0 Å². The van der Waals surface area contributed by atoms with E-state index < -0.39 is 5.97 Å². The summed E-state index contributed by atoms with van der Waals surface area (Å²) in [6.07, 6.45) is 10.2. The molecule has 3 unspecified atom stereocenters. The first-order valence-corrected chi connectivity index (χ1v) is 9.62. The highest BCUT2D eigenvalue weighted by Crippen LogP contribution is 2.32. The van der Waals surface area contributed by atoms with Crippen LogP contribution in [0.1, 0.15) is 55.6 Å². The van der Waals surface area contributed by atoms with Gasteiger partial charge in [-0.1, -0.05) is 42.8 Å². The van der Waals surface area contributed by atoms with Gasteiger partial charge in [-0.2, -0.15) is 0 Å². The maximum absolute atomic E-state index is 11.1. The summed E-state index contributed by atoms with van der Waals surface area (Å²) >= 11 is 0. The van der Waals surface area contributed by atoms with Crippen LogP contribution in [-0.2, 0) is 11.2 Å². The van der Waals surface area contributed by atoms with E-state index in [2.05, 4.69) is 28.5 Å². The molecule has 1 aromatic carbocycles. The highest BCUT2D eigenvalue weighted by Gasteiger charge is 2.25. The number of nitrogens with zero attached hydrogens (tertiary/aromatic N) is 1. The zero-order valence-electron chi connectivity index (χ0n) is 15.2. The Kier molecular flexibility index (Phi) is 6.78. The van der Waals surface area contributed by atoms with Crippen molar-refractivity contribution in [3.8, 4) is 0 Å². The molecule has 0 amide bonds. The molecule has 2 N–H and O–H groups in total. The summed E-state index contributed by atoms with van der Waals surface area (Å²) in [6.45, 7) is 0. The zero-order valence-corrected chi connectivity index (χ0v) is 15.2. The number of nitrogens with one attached hydrogen (secondary N) is 1. The Morgan fingerprint density at radius 1 is 1.19 bits per heavy atom. The van der Waals surface area contributed by atoms with Gasteiger partial charge in [-0.15, -0.1) is 0 Å². The highest BCUT2D eigenvalue weighted by atomic mass is 16.4. The summed E-state index contributed by atoms with van der Waals surface area (Å²) in [5.74, 6) is -0.173. The van der Waals surface area contributed by atoms with Gasteiger partial charge in [-0.3, -0.25) is 9.78 Å². The van der Waals surface area contributed by atoms with Gasteiger partial charge < -0.3 is 10.4 Å². The molecule has 0 saturated heterocycles. The standard InChI is InChI=1S/C22H28N2O2/c25-22(26)12-11-21(14-17-6-2-1-3-7-17)24-20-10-4-8-18(15-20)19-9-5-13-23-16-19/h1-3,5-7,9,13,16,18,20-21,24H,4,8,10-12,14-15H2,(H,25,26). The molecule has 3 atom stereocenters. The molecule has 4 heteroatoms. The fourth-order valence-corrected chi connectivity index (χ4v) is 4.04. The average Bonchev–Trinajstić information content (AvgIpc) is 2.68. The number of carbonyl (C=O) groups is 1. The van der Waals surface area contributed by atoms with Crippen LogP contribution in [0.25, 0.3) is 0 Å². The van der Waals surface area contributed by atoms with Crippen molar-refractivity contribution in [2.24, 2.45) is 0 Å². The number of benzene rings is 1. The van der Waals surface area contributed by atoms with E-state index in [4.69, 9.17) is 5.11 Å². The first kappa shape index (κ1) is 18.6. The fourth-order valence-electron chi connectivity index (χ4n) is 4.04. The second-order valence-electron chi connectivity index (χ2n) is 7.33. The van der Waals surface area contributed by atoms with Crippen LogP contribution < -0.4 is 5.32 Å². The third-order valence-electron chi connectivity index (χ3n) is 5.33. The van der Waals surface area contributed by atoms with E-state index in [0.717, 1.165) is 19.3 Å². The van der Waals surface area contributed by atoms with Crippen molar-refractivity contribution in [2.45, 2.75) is 62.9 Å². The molecule has 2 aromatic rings. The number of carboxylic acid groups (broad SMARTS) is 1. The molecule has 0 bridgehead atoms. The largest absolute Gasteiger partial charge is 0.481 e. The Balaban J connectivity index is 1.62. The van der Waals surface area contributed by atoms with Gasteiger partial charge in [0.05, 0.1) is 0 Å². The first-order valence-electron chi connectivity index (χ1n) is 9.62. The van der Waals surface area contributed by atoms with Crippen molar-refractivity contribution in [3.63, 3.8) is 0 Å². The van der Waals surface area contributed by atoms with Crippen LogP contribution in [0.15, 0.2) is 54.9 Å². The Morgan fingerprint density at radius 2 is 2.04 bits per heavy atom. The van der Waals surface area contributed by atoms with Crippen molar-refractivity contribution in [1.82, 2.24) is 10.3 Å². The minimum absolute atomic E-state index is 0.200. The van der Waals surface area contributed by atoms with Gasteiger partial charge in [0.2, 0.25) is 0 Å². The number of rotatable bonds is 8. The molecule has 1 aliphatic carbocycles. The van der Waals surface area contributed by atoms with E-state index in [0.29, 0.717) is 18.4 Å². The molecule has 0 radical (unpaired) electrons. The monoisotopic (exact) mass is 352 g/mol. The molecule has 26 heavy (non-hydrogen) atoms. The predicted molar refractivity (Wildman–Crippen MR) is 103 cm³/mol. The van der Waals surface area contributed by atoms with Crippen molar-refractivity contribution in [2.75, 3.05) is 0 Å². The molecule has 0 spiro atoms. The van der Waals surface area contributed by atoms with Crippen LogP contribution in [0.4, 0.5) is 0 Å².